The molecule has 0 bridgehead atoms. The smallest absolute Gasteiger partial charge is 0.0507 e. The lowest BCUT2D eigenvalue weighted by atomic mass is 9.93. The number of nitrogens with two attached hydrogens (primary N) is 1. The van der Waals surface area contributed by atoms with Gasteiger partial charge in [0.25, 0.3) is 0 Å². The van der Waals surface area contributed by atoms with Crippen LogP contribution in [0.1, 0.15) is 39.2 Å². The molecule has 3 N–H and O–H groups in total. The molecule has 1 aromatic rings. The zero-order valence-electron chi connectivity index (χ0n) is 11.4. The summed E-state index contributed by atoms with van der Waals surface area (Å²) in [4.78, 5) is 0. The molecule has 2 heteroatoms. The maximum absolute atomic E-state index is 6.34. The van der Waals surface area contributed by atoms with Crippen LogP contribution in [0.3, 0.4) is 0 Å². The van der Waals surface area contributed by atoms with E-state index in [1.807, 2.05) is 18.2 Å². The quantitative estimate of drug-likeness (QED) is 0.761. The first-order valence-electron chi connectivity index (χ1n) is 6.65. The Bertz CT molecular complexity index is 302. The molecule has 0 aromatic heterocycles. The minimum atomic E-state index is -0.284. The van der Waals surface area contributed by atoms with E-state index < -0.39 is 0 Å². The van der Waals surface area contributed by atoms with Gasteiger partial charge < -0.3 is 11.1 Å². The Morgan fingerprint density at radius 1 is 1.18 bits per heavy atom. The summed E-state index contributed by atoms with van der Waals surface area (Å²) in [5.74, 6) is 0.765. The molecule has 0 aliphatic heterocycles. The van der Waals surface area contributed by atoms with Crippen LogP contribution in [0.25, 0.3) is 0 Å². The molecule has 0 aliphatic carbocycles. The molecule has 0 saturated carbocycles. The monoisotopic (exact) mass is 234 g/mol. The van der Waals surface area contributed by atoms with Gasteiger partial charge in [0.1, 0.15) is 0 Å². The second kappa shape index (κ2) is 6.77. The van der Waals surface area contributed by atoms with Crippen molar-refractivity contribution in [2.75, 3.05) is 13.1 Å². The molecule has 2 nitrogen and oxygen atoms in total. The van der Waals surface area contributed by atoms with E-state index in [-0.39, 0.29) is 5.54 Å². The van der Waals surface area contributed by atoms with E-state index in [2.05, 4.69) is 38.2 Å². The number of benzene rings is 1. The summed E-state index contributed by atoms with van der Waals surface area (Å²) in [7, 11) is 0. The van der Waals surface area contributed by atoms with E-state index in [0.29, 0.717) is 0 Å². The fourth-order valence-corrected chi connectivity index (χ4v) is 2.03. The zero-order valence-corrected chi connectivity index (χ0v) is 11.4. The van der Waals surface area contributed by atoms with Crippen LogP contribution in [0, 0.1) is 5.92 Å². The Balaban J connectivity index is 2.45. The van der Waals surface area contributed by atoms with Crippen LogP contribution >= 0.6 is 0 Å². The van der Waals surface area contributed by atoms with E-state index in [1.54, 1.807) is 0 Å². The summed E-state index contributed by atoms with van der Waals surface area (Å²) in [5.41, 5.74) is 7.25. The van der Waals surface area contributed by atoms with Crippen LogP contribution in [0.2, 0.25) is 0 Å². The first-order chi connectivity index (χ1) is 8.10. The highest BCUT2D eigenvalue weighted by Gasteiger charge is 2.20. The highest BCUT2D eigenvalue weighted by molar-refractivity contribution is 5.23. The van der Waals surface area contributed by atoms with Gasteiger partial charge in [0, 0.05) is 6.54 Å². The standard InChI is InChI=1S/C15H26N2/c1-4-13(5-2)11-17-12-15(3,16)14-9-7-6-8-10-14/h6-10,13,17H,4-5,11-12,16H2,1-3H3. The maximum atomic E-state index is 6.34. The van der Waals surface area contributed by atoms with Crippen LogP contribution < -0.4 is 11.1 Å². The zero-order chi connectivity index (χ0) is 12.7. The third-order valence-corrected chi connectivity index (χ3v) is 3.51. The van der Waals surface area contributed by atoms with E-state index in [9.17, 15) is 0 Å². The van der Waals surface area contributed by atoms with Crippen molar-refractivity contribution in [3.05, 3.63) is 35.9 Å². The predicted molar refractivity (Wildman–Crippen MR) is 74.9 cm³/mol. The fraction of sp³-hybridized carbons (Fsp3) is 0.600. The van der Waals surface area contributed by atoms with Gasteiger partial charge in [-0.05, 0) is 24.9 Å². The Morgan fingerprint density at radius 3 is 2.29 bits per heavy atom. The molecule has 0 radical (unpaired) electrons. The largest absolute Gasteiger partial charge is 0.321 e. The topological polar surface area (TPSA) is 38.0 Å². The molecule has 17 heavy (non-hydrogen) atoms. The summed E-state index contributed by atoms with van der Waals surface area (Å²) < 4.78 is 0. The molecule has 0 amide bonds. The van der Waals surface area contributed by atoms with E-state index in [1.165, 1.54) is 18.4 Å². The van der Waals surface area contributed by atoms with Crippen LogP contribution in [-0.4, -0.2) is 13.1 Å². The van der Waals surface area contributed by atoms with Gasteiger partial charge in [-0.15, -0.1) is 0 Å². The van der Waals surface area contributed by atoms with Crippen LogP contribution in [0.5, 0.6) is 0 Å². The minimum Gasteiger partial charge on any atom is -0.321 e. The fourth-order valence-electron chi connectivity index (χ4n) is 2.03. The lowest BCUT2D eigenvalue weighted by Crippen LogP contribution is -2.44. The minimum absolute atomic E-state index is 0.284. The molecule has 0 heterocycles. The summed E-state index contributed by atoms with van der Waals surface area (Å²) in [6.45, 7) is 8.46. The molecule has 96 valence electrons. The van der Waals surface area contributed by atoms with Crippen molar-refractivity contribution >= 4 is 0 Å². The number of hydrogen-bond donors (Lipinski definition) is 2. The molecule has 1 unspecified atom stereocenters. The van der Waals surface area contributed by atoms with Gasteiger partial charge in [-0.1, -0.05) is 57.0 Å². The van der Waals surface area contributed by atoms with Gasteiger partial charge >= 0.3 is 0 Å². The van der Waals surface area contributed by atoms with Gasteiger partial charge in [0.2, 0.25) is 0 Å². The third-order valence-electron chi connectivity index (χ3n) is 3.51. The molecule has 0 fully saturated rings. The Hall–Kier alpha value is -0.860. The predicted octanol–water partition coefficient (Wildman–Crippen LogP) is 2.89. The third kappa shape index (κ3) is 4.49. The van der Waals surface area contributed by atoms with Crippen molar-refractivity contribution < 1.29 is 0 Å². The summed E-state index contributed by atoms with van der Waals surface area (Å²) in [6.07, 6.45) is 2.46. The summed E-state index contributed by atoms with van der Waals surface area (Å²) in [5, 5.41) is 3.50. The molecule has 1 rings (SSSR count). The molecular weight excluding hydrogens is 208 g/mol. The van der Waals surface area contributed by atoms with Crippen LogP contribution in [0.15, 0.2) is 30.3 Å². The van der Waals surface area contributed by atoms with E-state index >= 15 is 0 Å². The van der Waals surface area contributed by atoms with E-state index in [4.69, 9.17) is 5.73 Å². The van der Waals surface area contributed by atoms with E-state index in [0.717, 1.165) is 19.0 Å². The lowest BCUT2D eigenvalue weighted by Gasteiger charge is -2.26. The average molecular weight is 234 g/mol. The average Bonchev–Trinajstić information content (AvgIpc) is 2.36. The Morgan fingerprint density at radius 2 is 1.76 bits per heavy atom. The number of hydrogen-bond acceptors (Lipinski definition) is 2. The summed E-state index contributed by atoms with van der Waals surface area (Å²) in [6, 6.07) is 10.3. The second-order valence-corrected chi connectivity index (χ2v) is 5.10. The van der Waals surface area contributed by atoms with Crippen LogP contribution in [-0.2, 0) is 5.54 Å². The van der Waals surface area contributed by atoms with Gasteiger partial charge in [-0.2, -0.15) is 0 Å². The van der Waals surface area contributed by atoms with Gasteiger partial charge in [0.15, 0.2) is 0 Å². The maximum Gasteiger partial charge on any atom is 0.0507 e. The van der Waals surface area contributed by atoms with Crippen molar-refractivity contribution in [3.8, 4) is 0 Å². The lowest BCUT2D eigenvalue weighted by molar-refractivity contribution is 0.393. The van der Waals surface area contributed by atoms with Crippen molar-refractivity contribution in [1.29, 1.82) is 0 Å². The SMILES string of the molecule is CCC(CC)CNCC(C)(N)c1ccccc1. The molecule has 0 aliphatic rings. The summed E-state index contributed by atoms with van der Waals surface area (Å²) >= 11 is 0. The van der Waals surface area contributed by atoms with Crippen LogP contribution in [0.4, 0.5) is 0 Å². The van der Waals surface area contributed by atoms with Crippen molar-refractivity contribution in [3.63, 3.8) is 0 Å². The number of rotatable bonds is 7. The molecule has 0 spiro atoms. The normalized spacial score (nSPS) is 14.9. The van der Waals surface area contributed by atoms with Crippen molar-refractivity contribution in [2.24, 2.45) is 11.7 Å². The second-order valence-electron chi connectivity index (χ2n) is 5.10. The van der Waals surface area contributed by atoms with Gasteiger partial charge in [0.05, 0.1) is 5.54 Å². The first-order valence-corrected chi connectivity index (χ1v) is 6.65. The number of nitrogens with one attached hydrogen (secondary N) is 1. The Kier molecular flexibility index (Phi) is 5.66. The highest BCUT2D eigenvalue weighted by Crippen LogP contribution is 2.16. The Labute approximate surface area is 106 Å². The first kappa shape index (κ1) is 14.2. The van der Waals surface area contributed by atoms with Gasteiger partial charge in [-0.3, -0.25) is 0 Å². The van der Waals surface area contributed by atoms with Crippen molar-refractivity contribution in [2.45, 2.75) is 39.2 Å². The van der Waals surface area contributed by atoms with Gasteiger partial charge in [-0.25, -0.2) is 0 Å². The van der Waals surface area contributed by atoms with Crippen molar-refractivity contribution in [1.82, 2.24) is 5.32 Å². The molecule has 1 atom stereocenters. The molecule has 0 saturated heterocycles. The molecule has 1 aromatic carbocycles. The highest BCUT2D eigenvalue weighted by atomic mass is 14.9. The molecular formula is C15H26N2.